The van der Waals surface area contributed by atoms with Gasteiger partial charge in [-0.3, -0.25) is 14.4 Å². The first-order valence-corrected chi connectivity index (χ1v) is 16.8. The number of nitrogen functional groups attached to an aromatic ring is 1. The zero-order chi connectivity index (χ0) is 38.0. The minimum atomic E-state index is -1.06. The molecule has 2 aliphatic rings. The molecule has 0 spiro atoms. The Morgan fingerprint density at radius 1 is 0.620 bits per heavy atom. The summed E-state index contributed by atoms with van der Waals surface area (Å²) < 4.78 is 19.1. The molecule has 276 valence electrons. The molecule has 0 bridgehead atoms. The van der Waals surface area contributed by atoms with Crippen molar-refractivity contribution in [2.45, 2.75) is 125 Å². The molecule has 2 aliphatic heterocycles. The fourth-order valence-electron chi connectivity index (χ4n) is 4.99. The van der Waals surface area contributed by atoms with Crippen molar-refractivity contribution in [2.75, 3.05) is 18.8 Å². The van der Waals surface area contributed by atoms with Crippen LogP contribution in [0.2, 0.25) is 0 Å². The number of ether oxygens (including phenoxy) is 4. The highest BCUT2D eigenvalue weighted by molar-refractivity contribution is 5.77. The number of fused-ring (bicyclic) bond motifs is 2. The Morgan fingerprint density at radius 2 is 1.04 bits per heavy atom. The molecule has 0 aromatic heterocycles. The molecule has 4 rings (SSSR count). The predicted molar refractivity (Wildman–Crippen MR) is 190 cm³/mol. The van der Waals surface area contributed by atoms with Gasteiger partial charge in [-0.1, -0.05) is 24.3 Å². The average molecular weight is 698 g/mol. The van der Waals surface area contributed by atoms with Crippen LogP contribution in [0, 0.1) is 0 Å². The number of nitrogens with two attached hydrogens (primary N) is 1. The zero-order valence-corrected chi connectivity index (χ0v) is 31.6. The van der Waals surface area contributed by atoms with E-state index in [1.165, 1.54) is 16.7 Å². The van der Waals surface area contributed by atoms with Crippen LogP contribution >= 0.6 is 0 Å². The second-order valence-electron chi connectivity index (χ2n) is 15.3. The predicted octanol–water partition coefficient (Wildman–Crippen LogP) is 6.52. The summed E-state index contributed by atoms with van der Waals surface area (Å²) in [5, 5.41) is 0. The van der Waals surface area contributed by atoms with Crippen molar-refractivity contribution < 1.29 is 42.9 Å². The highest BCUT2D eigenvalue weighted by Gasteiger charge is 2.25. The molecule has 0 aliphatic carbocycles. The number of carbonyl (C=O) groups excluding carboxylic acids is 5. The Morgan fingerprint density at radius 3 is 1.46 bits per heavy atom. The average Bonchev–Trinajstić information content (AvgIpc) is 2.93. The maximum atomic E-state index is 11.9. The van der Waals surface area contributed by atoms with Crippen molar-refractivity contribution in [1.29, 1.82) is 0 Å². The first-order valence-electron chi connectivity index (χ1n) is 16.8. The lowest BCUT2D eigenvalue weighted by Crippen LogP contribution is -2.34. The van der Waals surface area contributed by atoms with Gasteiger partial charge < -0.3 is 34.5 Å². The number of benzene rings is 2. The molecular formula is C38H55N3O9. The summed E-state index contributed by atoms with van der Waals surface area (Å²) in [6, 6.07) is 12.0. The minimum absolute atomic E-state index is 0.0956. The lowest BCUT2D eigenvalue weighted by Gasteiger charge is -2.28. The smallest absolute Gasteiger partial charge is 0.460 e. The van der Waals surface area contributed by atoms with Crippen LogP contribution in [0.15, 0.2) is 36.4 Å². The van der Waals surface area contributed by atoms with E-state index < -0.39 is 29.1 Å². The number of esters is 1. The van der Waals surface area contributed by atoms with Gasteiger partial charge in [-0.25, -0.2) is 9.59 Å². The van der Waals surface area contributed by atoms with Gasteiger partial charge in [0.1, 0.15) is 16.8 Å². The van der Waals surface area contributed by atoms with Crippen LogP contribution in [0.3, 0.4) is 0 Å². The van der Waals surface area contributed by atoms with Crippen LogP contribution in [0.4, 0.5) is 15.3 Å². The van der Waals surface area contributed by atoms with E-state index in [4.69, 9.17) is 19.9 Å². The number of amides is 2. The Labute approximate surface area is 296 Å². The maximum absolute atomic E-state index is 11.9. The molecular weight excluding hydrogens is 642 g/mol. The molecule has 0 fully saturated rings. The van der Waals surface area contributed by atoms with Gasteiger partial charge in [-0.2, -0.15) is 0 Å². The van der Waals surface area contributed by atoms with E-state index in [1.807, 2.05) is 54.8 Å². The van der Waals surface area contributed by atoms with Crippen LogP contribution in [0.5, 0.6) is 0 Å². The molecule has 0 saturated heterocycles. The third kappa shape index (κ3) is 15.7. The first kappa shape index (κ1) is 41.6. The summed E-state index contributed by atoms with van der Waals surface area (Å²) in [6.07, 6.45) is -0.0324. The molecule has 2 aromatic carbocycles. The molecule has 2 amide bonds. The number of hydrogen-bond donors (Lipinski definition) is 1. The molecule has 2 N–H and O–H groups in total. The van der Waals surface area contributed by atoms with Gasteiger partial charge in [-0.15, -0.1) is 0 Å². The van der Waals surface area contributed by atoms with Gasteiger partial charge in [0.15, 0.2) is 0 Å². The number of carbonyl (C=O) groups is 5. The Hall–Kier alpha value is -4.61. The van der Waals surface area contributed by atoms with Crippen LogP contribution in [0.25, 0.3) is 0 Å². The van der Waals surface area contributed by atoms with Crippen molar-refractivity contribution in [3.63, 3.8) is 0 Å². The highest BCUT2D eigenvalue weighted by atomic mass is 16.8. The third-order valence-corrected chi connectivity index (χ3v) is 7.13. The van der Waals surface area contributed by atoms with Crippen molar-refractivity contribution >= 4 is 35.8 Å². The summed E-state index contributed by atoms with van der Waals surface area (Å²) in [7, 11) is 0. The molecule has 12 nitrogen and oxygen atoms in total. The molecule has 12 heteroatoms. The third-order valence-electron chi connectivity index (χ3n) is 7.13. The highest BCUT2D eigenvalue weighted by Crippen LogP contribution is 2.23. The molecule has 50 heavy (non-hydrogen) atoms. The lowest BCUT2D eigenvalue weighted by molar-refractivity contribution is -0.154. The molecule has 0 unspecified atom stereocenters. The van der Waals surface area contributed by atoms with Crippen molar-refractivity contribution in [1.82, 2.24) is 9.80 Å². The fourth-order valence-corrected chi connectivity index (χ4v) is 4.99. The van der Waals surface area contributed by atoms with Crippen molar-refractivity contribution in [3.8, 4) is 0 Å². The number of nitrogens with zero attached hydrogens (tertiary/aromatic N) is 2. The molecule has 0 saturated carbocycles. The van der Waals surface area contributed by atoms with Gasteiger partial charge in [0.05, 0.1) is 6.42 Å². The van der Waals surface area contributed by atoms with Gasteiger partial charge >= 0.3 is 18.3 Å². The largest absolute Gasteiger partial charge is 0.519 e. The quantitative estimate of drug-likeness (QED) is 0.159. The van der Waals surface area contributed by atoms with Gasteiger partial charge in [0.25, 0.3) is 0 Å². The molecule has 2 aromatic rings. The van der Waals surface area contributed by atoms with E-state index in [0.29, 0.717) is 13.1 Å². The van der Waals surface area contributed by atoms with E-state index in [0.717, 1.165) is 42.7 Å². The summed E-state index contributed by atoms with van der Waals surface area (Å²) in [4.78, 5) is 60.3. The maximum Gasteiger partial charge on any atom is 0.519 e. The van der Waals surface area contributed by atoms with Crippen molar-refractivity contribution in [3.05, 3.63) is 64.2 Å². The summed E-state index contributed by atoms with van der Waals surface area (Å²) in [6.45, 7) is 21.7. The summed E-state index contributed by atoms with van der Waals surface area (Å²) in [5.41, 5.74) is 10.5. The van der Waals surface area contributed by atoms with E-state index in [-0.39, 0.29) is 24.2 Å². The van der Waals surface area contributed by atoms with Crippen LogP contribution < -0.4 is 5.73 Å². The van der Waals surface area contributed by atoms with E-state index >= 15 is 0 Å². The van der Waals surface area contributed by atoms with Crippen molar-refractivity contribution in [2.24, 2.45) is 0 Å². The SMILES string of the molecule is CC(=O)N1CCc2ccc(CC(=O)OC(C)(C)C)cc2C1.CC(=O)N1CCc2ccc(N)cc2C1.CC(C)(C)OC(=O)OC(=O)OC(C)(C)C. The number of anilines is 1. The summed E-state index contributed by atoms with van der Waals surface area (Å²) in [5.74, 6) is 0.0120. The standard InChI is InChI=1S/C17H23NO3.C11H14N2O.C10H18O5/c1-12(19)18-8-7-14-6-5-13(9-15(14)11-18)10-16(20)21-17(2,3)4;1-8(14)13-5-4-9-2-3-11(12)6-10(9)7-13;1-9(2,3)14-7(11)13-8(12)15-10(4,5)6/h5-6,9H,7-8,10-11H2,1-4H3;2-3,6H,4-5,7,12H2,1H3;1-6H3. The van der Waals surface area contributed by atoms with Crippen LogP contribution in [-0.4, -0.2) is 69.8 Å². The lowest BCUT2D eigenvalue weighted by atomic mass is 9.96. The summed E-state index contributed by atoms with van der Waals surface area (Å²) >= 11 is 0. The Balaban J connectivity index is 0.000000268. The molecule has 2 heterocycles. The normalized spacial score (nSPS) is 13.9. The Bertz CT molecular complexity index is 1510. The van der Waals surface area contributed by atoms with Crippen LogP contribution in [-0.2, 0) is 65.7 Å². The minimum Gasteiger partial charge on any atom is -0.460 e. The van der Waals surface area contributed by atoms with Gasteiger partial charge in [0, 0.05) is 45.7 Å². The van der Waals surface area contributed by atoms with Crippen LogP contribution in [0.1, 0.15) is 104 Å². The fraction of sp³-hybridized carbons (Fsp3) is 0.553. The monoisotopic (exact) mass is 697 g/mol. The molecule has 0 radical (unpaired) electrons. The van der Waals surface area contributed by atoms with E-state index in [1.54, 1.807) is 55.4 Å². The second-order valence-corrected chi connectivity index (χ2v) is 15.3. The first-order chi connectivity index (χ1) is 22.9. The van der Waals surface area contributed by atoms with Gasteiger partial charge in [-0.05, 0) is 115 Å². The second kappa shape index (κ2) is 17.4. The number of hydrogen-bond acceptors (Lipinski definition) is 10. The molecule has 0 atom stereocenters. The van der Waals surface area contributed by atoms with Gasteiger partial charge in [0.2, 0.25) is 11.8 Å². The van der Waals surface area contributed by atoms with E-state index in [9.17, 15) is 24.0 Å². The number of rotatable bonds is 2. The van der Waals surface area contributed by atoms with E-state index in [2.05, 4.69) is 16.9 Å². The topological polar surface area (TPSA) is 155 Å². The Kier molecular flexibility index (Phi) is 14.4. The zero-order valence-electron chi connectivity index (χ0n) is 31.6.